The Bertz CT molecular complexity index is 1360. The molecule has 1 N–H and O–H groups in total. The normalized spacial score (nSPS) is 43.4. The summed E-state index contributed by atoms with van der Waals surface area (Å²) in [6.07, 6.45) is 4.66. The van der Waals surface area contributed by atoms with Gasteiger partial charge in [-0.15, -0.1) is 0 Å². The summed E-state index contributed by atoms with van der Waals surface area (Å²) < 4.78 is 23.3. The molecule has 234 valence electrons. The molecule has 2 aliphatic heterocycles. The van der Waals surface area contributed by atoms with E-state index in [1.54, 1.807) is 6.92 Å². The van der Waals surface area contributed by atoms with Crippen LogP contribution in [0.2, 0.25) is 0 Å². The fourth-order valence-corrected chi connectivity index (χ4v) is 10.1. The van der Waals surface area contributed by atoms with Gasteiger partial charge in [0.25, 0.3) is 0 Å². The molecule has 0 bridgehead atoms. The van der Waals surface area contributed by atoms with Crippen LogP contribution >= 0.6 is 0 Å². The van der Waals surface area contributed by atoms with E-state index in [-0.39, 0.29) is 65.9 Å². The van der Waals surface area contributed by atoms with E-state index >= 15 is 0 Å². The molecule has 11 atom stereocenters. The third-order valence-electron chi connectivity index (χ3n) is 11.8. The smallest absolute Gasteiger partial charge is 0.334 e. The molecule has 2 heterocycles. The van der Waals surface area contributed by atoms with Gasteiger partial charge in [0.2, 0.25) is 0 Å². The van der Waals surface area contributed by atoms with Crippen molar-refractivity contribution < 1.29 is 43.2 Å². The Kier molecular flexibility index (Phi) is 7.03. The second kappa shape index (κ2) is 10.0. The van der Waals surface area contributed by atoms with E-state index < -0.39 is 28.7 Å². The molecule has 0 aromatic carbocycles. The summed E-state index contributed by atoms with van der Waals surface area (Å²) in [5.74, 6) is -1.93. The highest BCUT2D eigenvalue weighted by molar-refractivity contribution is 5.91. The van der Waals surface area contributed by atoms with Crippen LogP contribution in [0.15, 0.2) is 34.9 Å². The fourth-order valence-electron chi connectivity index (χ4n) is 10.1. The van der Waals surface area contributed by atoms with Crippen LogP contribution in [0.5, 0.6) is 0 Å². The van der Waals surface area contributed by atoms with Crippen molar-refractivity contribution in [2.45, 2.75) is 103 Å². The number of aliphatic hydroxyl groups is 1. The third kappa shape index (κ3) is 4.12. The highest BCUT2D eigenvalue weighted by atomic mass is 16.6. The Morgan fingerprint density at radius 2 is 1.88 bits per heavy atom. The molecule has 6 aliphatic rings. The number of fused-ring (bicyclic) bond motifs is 7. The van der Waals surface area contributed by atoms with Gasteiger partial charge in [0, 0.05) is 43.6 Å². The number of hydrogen-bond acceptors (Lipinski definition) is 9. The summed E-state index contributed by atoms with van der Waals surface area (Å²) in [6.45, 7) is 15.1. The predicted octanol–water partition coefficient (Wildman–Crippen LogP) is 4.37. The standard InChI is InChI=1S/C34H44O9/c1-16(9-8-10-40-20(5)35)24-13-25-28(15-32(24,7)39)42-31(38)33(25)14-26-29-17(2)11-27-22(18(3)30(37)41-27)12-23(29)19(4)34(26,33)43-21(6)36/h13,16-17,22,25-29,39H,3,8-12,14-15H2,1-2,4-7H3/t16-,17-,22?,25?,26?,27?,28?,29-,32-,33+,34-/m1/s1. The molecular formula is C34H44O9. The first-order valence-electron chi connectivity index (χ1n) is 15.7. The summed E-state index contributed by atoms with van der Waals surface area (Å²) in [5, 5.41) is 11.6. The number of carbonyl (C=O) groups excluding carboxylic acids is 4. The van der Waals surface area contributed by atoms with E-state index in [1.807, 2.05) is 19.9 Å². The number of carbonyl (C=O) groups is 4. The Morgan fingerprint density at radius 3 is 2.56 bits per heavy atom. The van der Waals surface area contributed by atoms with Gasteiger partial charge in [-0.2, -0.15) is 0 Å². The Morgan fingerprint density at radius 1 is 1.16 bits per heavy atom. The third-order valence-corrected chi connectivity index (χ3v) is 11.8. The molecule has 0 aromatic rings. The molecule has 9 heteroatoms. The number of hydrogen-bond donors (Lipinski definition) is 1. The van der Waals surface area contributed by atoms with Crippen LogP contribution in [0.1, 0.15) is 80.1 Å². The van der Waals surface area contributed by atoms with Crippen molar-refractivity contribution in [3.8, 4) is 0 Å². The van der Waals surface area contributed by atoms with Gasteiger partial charge in [-0.25, -0.2) is 4.79 Å². The summed E-state index contributed by atoms with van der Waals surface area (Å²) in [7, 11) is 0. The lowest BCUT2D eigenvalue weighted by atomic mass is 9.42. The molecule has 4 aliphatic carbocycles. The molecular weight excluding hydrogens is 552 g/mol. The van der Waals surface area contributed by atoms with Gasteiger partial charge in [-0.3, -0.25) is 14.4 Å². The minimum atomic E-state index is -1.18. The van der Waals surface area contributed by atoms with Crippen LogP contribution < -0.4 is 0 Å². The van der Waals surface area contributed by atoms with Crippen molar-refractivity contribution in [1.29, 1.82) is 0 Å². The van der Waals surface area contributed by atoms with Crippen LogP contribution in [0.4, 0.5) is 0 Å². The van der Waals surface area contributed by atoms with Gasteiger partial charge >= 0.3 is 23.9 Å². The lowest BCUT2D eigenvalue weighted by Crippen LogP contribution is -2.71. The van der Waals surface area contributed by atoms with Gasteiger partial charge in [0.15, 0.2) is 5.60 Å². The summed E-state index contributed by atoms with van der Waals surface area (Å²) in [5.41, 5.74) is -0.0904. The summed E-state index contributed by atoms with van der Waals surface area (Å²) >= 11 is 0. The van der Waals surface area contributed by atoms with Crippen molar-refractivity contribution in [2.24, 2.45) is 40.9 Å². The van der Waals surface area contributed by atoms with Crippen LogP contribution in [-0.4, -0.2) is 59.0 Å². The average molecular weight is 597 g/mol. The molecule has 1 spiro atoms. The minimum Gasteiger partial charge on any atom is -0.466 e. The first-order chi connectivity index (χ1) is 20.2. The Balaban J connectivity index is 1.41. The maximum absolute atomic E-state index is 14.1. The van der Waals surface area contributed by atoms with Crippen LogP contribution in [0.25, 0.3) is 0 Å². The SMILES string of the molecule is C=C1C(=O)OC2C[C@@H](C)[C@@H]3C(=C(C)[C@@]4(OC(C)=O)C3C[C@]43C(=O)OC4C[C@@](C)(O)C([C@H](C)CCCOC(C)=O)=CC43)CC12. The first-order valence-corrected chi connectivity index (χ1v) is 15.7. The molecule has 5 unspecified atom stereocenters. The van der Waals surface area contributed by atoms with Crippen molar-refractivity contribution >= 4 is 23.9 Å². The maximum atomic E-state index is 14.1. The minimum absolute atomic E-state index is 0.0307. The molecule has 2 saturated heterocycles. The number of ether oxygens (including phenoxy) is 4. The van der Waals surface area contributed by atoms with Gasteiger partial charge < -0.3 is 24.1 Å². The monoisotopic (exact) mass is 596 g/mol. The molecule has 0 aromatic heterocycles. The molecule has 0 radical (unpaired) electrons. The van der Waals surface area contributed by atoms with E-state index in [2.05, 4.69) is 13.5 Å². The molecule has 43 heavy (non-hydrogen) atoms. The van der Waals surface area contributed by atoms with Gasteiger partial charge in [-0.1, -0.05) is 32.1 Å². The van der Waals surface area contributed by atoms with Crippen LogP contribution in [-0.2, 0) is 38.1 Å². The fraction of sp³-hybridized carbons (Fsp3) is 0.706. The topological polar surface area (TPSA) is 125 Å². The van der Waals surface area contributed by atoms with E-state index in [9.17, 15) is 24.3 Å². The lowest BCUT2D eigenvalue weighted by molar-refractivity contribution is -0.230. The number of allylic oxidation sites excluding steroid dienone is 1. The molecule has 4 fully saturated rings. The highest BCUT2D eigenvalue weighted by Gasteiger charge is 2.83. The Hall–Kier alpha value is -2.94. The van der Waals surface area contributed by atoms with Gasteiger partial charge in [0.05, 0.1) is 12.2 Å². The van der Waals surface area contributed by atoms with E-state index in [4.69, 9.17) is 18.9 Å². The highest BCUT2D eigenvalue weighted by Crippen LogP contribution is 2.76. The lowest BCUT2D eigenvalue weighted by Gasteiger charge is -2.61. The zero-order chi connectivity index (χ0) is 31.2. The van der Waals surface area contributed by atoms with E-state index in [0.717, 1.165) is 16.7 Å². The molecule has 2 saturated carbocycles. The van der Waals surface area contributed by atoms with E-state index in [0.29, 0.717) is 44.3 Å². The van der Waals surface area contributed by atoms with Crippen molar-refractivity contribution in [2.75, 3.05) is 6.61 Å². The zero-order valence-corrected chi connectivity index (χ0v) is 26.1. The quantitative estimate of drug-likeness (QED) is 0.156. The number of rotatable bonds is 6. The van der Waals surface area contributed by atoms with Crippen LogP contribution in [0, 0.1) is 40.9 Å². The summed E-state index contributed by atoms with van der Waals surface area (Å²) in [4.78, 5) is 50.7. The first kappa shape index (κ1) is 30.1. The predicted molar refractivity (Wildman–Crippen MR) is 154 cm³/mol. The Labute approximate surface area is 253 Å². The molecule has 6 rings (SSSR count). The van der Waals surface area contributed by atoms with E-state index in [1.165, 1.54) is 13.8 Å². The van der Waals surface area contributed by atoms with Crippen molar-refractivity contribution in [3.05, 3.63) is 34.9 Å². The largest absolute Gasteiger partial charge is 0.466 e. The second-order valence-electron chi connectivity index (χ2n) is 14.2. The van der Waals surface area contributed by atoms with Crippen LogP contribution in [0.3, 0.4) is 0 Å². The van der Waals surface area contributed by atoms with Crippen molar-refractivity contribution in [3.63, 3.8) is 0 Å². The van der Waals surface area contributed by atoms with Crippen molar-refractivity contribution in [1.82, 2.24) is 0 Å². The number of esters is 4. The average Bonchev–Trinajstić information content (AvgIpc) is 3.35. The molecule has 0 amide bonds. The zero-order valence-electron chi connectivity index (χ0n) is 26.1. The van der Waals surface area contributed by atoms with Gasteiger partial charge in [0.1, 0.15) is 17.6 Å². The summed E-state index contributed by atoms with van der Waals surface area (Å²) in [6, 6.07) is 0. The van der Waals surface area contributed by atoms with Gasteiger partial charge in [-0.05, 0) is 74.9 Å². The molecule has 9 nitrogen and oxygen atoms in total. The maximum Gasteiger partial charge on any atom is 0.334 e. The second-order valence-corrected chi connectivity index (χ2v) is 14.2.